The molecule has 14 nitrogen and oxygen atoms in total. The Labute approximate surface area is 180 Å². The van der Waals surface area contributed by atoms with Crippen molar-refractivity contribution in [1.29, 1.82) is 0 Å². The van der Waals surface area contributed by atoms with Crippen LogP contribution in [0, 0.1) is 0 Å². The Morgan fingerprint density at radius 1 is 1.16 bits per heavy atom. The number of nitrogens with one attached hydrogen (secondary N) is 1. The van der Waals surface area contributed by atoms with Gasteiger partial charge in [-0.3, -0.25) is 19.3 Å². The molecular formula is C18H21N7O7. The normalized spacial score (nSPS) is 16.3. The first kappa shape index (κ1) is 23.1. The number of hydrazone groups is 1. The van der Waals surface area contributed by atoms with E-state index < -0.39 is 42.6 Å². The highest BCUT2D eigenvalue weighted by Gasteiger charge is 2.34. The summed E-state index contributed by atoms with van der Waals surface area (Å²) in [4.78, 5) is 38.6. The van der Waals surface area contributed by atoms with Crippen LogP contribution in [0.4, 0.5) is 0 Å². The van der Waals surface area contributed by atoms with Crippen LogP contribution in [0.25, 0.3) is 0 Å². The largest absolute Gasteiger partial charge is 0.394 e. The molecule has 3 rings (SSSR count). The molecule has 0 radical (unpaired) electrons. The molecule has 170 valence electrons. The molecule has 0 saturated carbocycles. The molecule has 2 heterocycles. The van der Waals surface area contributed by atoms with Gasteiger partial charge in [-0.15, -0.1) is 10.2 Å². The van der Waals surface area contributed by atoms with Gasteiger partial charge in [0.15, 0.2) is 5.82 Å². The number of hydrogen-bond donors (Lipinski definition) is 5. The number of imide groups is 1. The van der Waals surface area contributed by atoms with Crippen molar-refractivity contribution in [1.82, 2.24) is 30.5 Å². The fourth-order valence-corrected chi connectivity index (χ4v) is 2.87. The molecule has 32 heavy (non-hydrogen) atoms. The first-order valence-corrected chi connectivity index (χ1v) is 9.50. The summed E-state index contributed by atoms with van der Waals surface area (Å²) in [5, 5.41) is 51.9. The van der Waals surface area contributed by atoms with Crippen LogP contribution < -0.4 is 5.43 Å². The minimum absolute atomic E-state index is 0.0500. The Kier molecular flexibility index (Phi) is 7.32. The predicted molar refractivity (Wildman–Crippen MR) is 105 cm³/mol. The second kappa shape index (κ2) is 10.1. The van der Waals surface area contributed by atoms with E-state index in [0.29, 0.717) is 11.1 Å². The van der Waals surface area contributed by atoms with E-state index in [9.17, 15) is 29.7 Å². The van der Waals surface area contributed by atoms with Gasteiger partial charge < -0.3 is 20.4 Å². The lowest BCUT2D eigenvalue weighted by Gasteiger charge is -2.17. The van der Waals surface area contributed by atoms with Crippen molar-refractivity contribution in [3.63, 3.8) is 0 Å². The number of carbonyl (C=O) groups excluding carboxylic acids is 3. The van der Waals surface area contributed by atoms with Crippen molar-refractivity contribution < 1.29 is 34.8 Å². The number of nitrogens with zero attached hydrogens (tertiary/aromatic N) is 6. The molecule has 3 atom stereocenters. The van der Waals surface area contributed by atoms with Gasteiger partial charge in [0.25, 0.3) is 17.7 Å². The average molecular weight is 447 g/mol. The Balaban J connectivity index is 1.47. The SMILES string of the molecule is O=C(Cn1nnc(CCN2C(=O)c3ccccc3C2=O)n1)N/N=C/[C@H](O)[C@@H](O)[C@H](O)CO. The molecule has 0 bridgehead atoms. The van der Waals surface area contributed by atoms with E-state index in [4.69, 9.17) is 5.11 Å². The third-order valence-electron chi connectivity index (χ3n) is 4.56. The van der Waals surface area contributed by atoms with Crippen LogP contribution in [0.2, 0.25) is 0 Å². The number of tetrazole rings is 1. The fraction of sp³-hybridized carbons (Fsp3) is 0.389. The van der Waals surface area contributed by atoms with E-state index in [1.165, 1.54) is 0 Å². The summed E-state index contributed by atoms with van der Waals surface area (Å²) in [6.07, 6.45) is -3.94. The number of hydrogen-bond acceptors (Lipinski definition) is 11. The van der Waals surface area contributed by atoms with Crippen LogP contribution in [0.15, 0.2) is 29.4 Å². The van der Waals surface area contributed by atoms with E-state index in [0.717, 1.165) is 15.9 Å². The second-order valence-corrected chi connectivity index (χ2v) is 6.84. The Morgan fingerprint density at radius 2 is 1.81 bits per heavy atom. The van der Waals surface area contributed by atoms with Gasteiger partial charge in [0.1, 0.15) is 24.9 Å². The maximum Gasteiger partial charge on any atom is 0.263 e. The van der Waals surface area contributed by atoms with Gasteiger partial charge in [0.2, 0.25) is 0 Å². The summed E-state index contributed by atoms with van der Waals surface area (Å²) in [7, 11) is 0. The molecule has 3 amide bonds. The van der Waals surface area contributed by atoms with Gasteiger partial charge in [0.05, 0.1) is 23.9 Å². The van der Waals surface area contributed by atoms with Gasteiger partial charge in [-0.1, -0.05) is 12.1 Å². The standard InChI is InChI=1S/C18H21N7O7/c26-9-13(28)16(30)12(27)7-19-21-15(29)8-25-22-14(20-23-25)5-6-24-17(31)10-3-1-2-4-11(10)18(24)32/h1-4,7,12-13,16,26-28,30H,5-6,8-9H2,(H,21,29)/b19-7+/t12-,13+,16+/m0/s1. The fourth-order valence-electron chi connectivity index (χ4n) is 2.87. The predicted octanol–water partition coefficient (Wildman–Crippen LogP) is -3.31. The summed E-state index contributed by atoms with van der Waals surface area (Å²) in [5.41, 5.74) is 2.76. The lowest BCUT2D eigenvalue weighted by Crippen LogP contribution is -2.40. The first-order chi connectivity index (χ1) is 15.3. The number of carbonyl (C=O) groups is 3. The molecule has 0 saturated heterocycles. The van der Waals surface area contributed by atoms with E-state index in [2.05, 4.69) is 25.9 Å². The number of aromatic nitrogens is 4. The maximum absolute atomic E-state index is 12.3. The molecule has 1 aromatic carbocycles. The van der Waals surface area contributed by atoms with E-state index in [-0.39, 0.29) is 25.3 Å². The third kappa shape index (κ3) is 5.17. The number of amides is 3. The zero-order chi connectivity index (χ0) is 23.3. The summed E-state index contributed by atoms with van der Waals surface area (Å²) in [6, 6.07) is 6.52. The summed E-state index contributed by atoms with van der Waals surface area (Å²) in [5.74, 6) is -1.24. The topological polar surface area (TPSA) is 203 Å². The number of benzene rings is 1. The number of rotatable bonds is 10. The zero-order valence-corrected chi connectivity index (χ0v) is 16.6. The molecule has 14 heteroatoms. The van der Waals surface area contributed by atoms with E-state index >= 15 is 0 Å². The molecule has 5 N–H and O–H groups in total. The minimum atomic E-state index is -1.68. The highest BCUT2D eigenvalue weighted by Crippen LogP contribution is 2.22. The van der Waals surface area contributed by atoms with Gasteiger partial charge in [0, 0.05) is 13.0 Å². The van der Waals surface area contributed by atoms with Gasteiger partial charge in [-0.05, 0) is 17.3 Å². The molecular weight excluding hydrogens is 426 g/mol. The number of aliphatic hydroxyl groups excluding tert-OH is 4. The lowest BCUT2D eigenvalue weighted by molar-refractivity contribution is -0.122. The van der Waals surface area contributed by atoms with E-state index in [1.807, 2.05) is 0 Å². The van der Waals surface area contributed by atoms with Crippen LogP contribution in [0.3, 0.4) is 0 Å². The van der Waals surface area contributed by atoms with Crippen LogP contribution in [-0.4, -0.2) is 101 Å². The second-order valence-electron chi connectivity index (χ2n) is 6.84. The number of fused-ring (bicyclic) bond motifs is 1. The number of aliphatic hydroxyl groups is 4. The van der Waals surface area contributed by atoms with Crippen LogP contribution >= 0.6 is 0 Å². The van der Waals surface area contributed by atoms with Crippen LogP contribution in [-0.2, 0) is 17.8 Å². The van der Waals surface area contributed by atoms with Gasteiger partial charge in [-0.2, -0.15) is 9.90 Å². The lowest BCUT2D eigenvalue weighted by atomic mass is 10.1. The molecule has 2 aromatic rings. The molecule has 1 aliphatic rings. The van der Waals surface area contributed by atoms with Crippen molar-refractivity contribution in [2.75, 3.05) is 13.2 Å². The summed E-state index contributed by atoms with van der Waals surface area (Å²) >= 11 is 0. The monoisotopic (exact) mass is 447 g/mol. The minimum Gasteiger partial charge on any atom is -0.394 e. The van der Waals surface area contributed by atoms with E-state index in [1.54, 1.807) is 24.3 Å². The molecule has 1 aromatic heterocycles. The van der Waals surface area contributed by atoms with Crippen molar-refractivity contribution in [2.24, 2.45) is 5.10 Å². The van der Waals surface area contributed by atoms with Crippen molar-refractivity contribution in [3.05, 3.63) is 41.2 Å². The third-order valence-corrected chi connectivity index (χ3v) is 4.56. The molecule has 1 aliphatic heterocycles. The molecule has 0 fully saturated rings. The average Bonchev–Trinajstić information content (AvgIpc) is 3.33. The highest BCUT2D eigenvalue weighted by molar-refractivity contribution is 6.21. The summed E-state index contributed by atoms with van der Waals surface area (Å²) in [6.45, 7) is -1.07. The quantitative estimate of drug-likeness (QED) is 0.139. The van der Waals surface area contributed by atoms with Crippen LogP contribution in [0.5, 0.6) is 0 Å². The molecule has 0 unspecified atom stereocenters. The van der Waals surface area contributed by atoms with Gasteiger partial charge in [-0.25, -0.2) is 5.43 Å². The maximum atomic E-state index is 12.3. The van der Waals surface area contributed by atoms with Crippen LogP contribution in [0.1, 0.15) is 26.5 Å². The Hall–Kier alpha value is -3.59. The van der Waals surface area contributed by atoms with Crippen molar-refractivity contribution >= 4 is 23.9 Å². The first-order valence-electron chi connectivity index (χ1n) is 9.50. The molecule has 0 spiro atoms. The Bertz CT molecular complexity index is 990. The van der Waals surface area contributed by atoms with Crippen molar-refractivity contribution in [2.45, 2.75) is 31.3 Å². The summed E-state index contributed by atoms with van der Waals surface area (Å²) < 4.78 is 0. The smallest absolute Gasteiger partial charge is 0.263 e. The zero-order valence-electron chi connectivity index (χ0n) is 16.6. The van der Waals surface area contributed by atoms with Gasteiger partial charge >= 0.3 is 0 Å². The Morgan fingerprint density at radius 3 is 2.44 bits per heavy atom. The molecule has 0 aliphatic carbocycles. The highest BCUT2D eigenvalue weighted by atomic mass is 16.4. The van der Waals surface area contributed by atoms with Crippen molar-refractivity contribution in [3.8, 4) is 0 Å².